The molecule has 0 aromatic rings. The zero-order valence-electron chi connectivity index (χ0n) is 9.89. The Labute approximate surface area is 101 Å². The molecule has 0 aromatic heterocycles. The van der Waals surface area contributed by atoms with Crippen molar-refractivity contribution in [2.45, 2.75) is 60.7 Å². The number of hydrogen-bond acceptors (Lipinski definition) is 2. The van der Waals surface area contributed by atoms with Crippen LogP contribution in [0.4, 0.5) is 0 Å². The Morgan fingerprint density at radius 1 is 0.933 bits per heavy atom. The van der Waals surface area contributed by atoms with Gasteiger partial charge < -0.3 is 8.54 Å². The van der Waals surface area contributed by atoms with Gasteiger partial charge in [-0.3, -0.25) is 0 Å². The summed E-state index contributed by atoms with van der Waals surface area (Å²) in [6, 6.07) is 0. The van der Waals surface area contributed by atoms with Crippen molar-refractivity contribution in [1.82, 2.24) is 0 Å². The molecule has 0 heterocycles. The van der Waals surface area contributed by atoms with Crippen LogP contribution in [0.5, 0.6) is 0 Å². The summed E-state index contributed by atoms with van der Waals surface area (Å²) in [6.45, 7) is 15.3. The Hall–Kier alpha value is 0.281. The van der Waals surface area contributed by atoms with Gasteiger partial charge in [-0.1, -0.05) is 27.9 Å². The molecule has 15 heavy (non-hydrogen) atoms. The second-order valence-electron chi connectivity index (χ2n) is 4.93. The van der Waals surface area contributed by atoms with Gasteiger partial charge in [-0.2, -0.15) is 0 Å². The molecule has 0 saturated carbocycles. The second-order valence-corrected chi connectivity index (χ2v) is 15.4. The van der Waals surface area contributed by atoms with E-state index in [1.807, 2.05) is 5.86 Å². The highest BCUT2D eigenvalue weighted by molar-refractivity contribution is 6.82. The summed E-state index contributed by atoms with van der Waals surface area (Å²) in [5.41, 5.74) is 0. The first-order valence-corrected chi connectivity index (χ1v) is 13.4. The van der Waals surface area contributed by atoms with Crippen molar-refractivity contribution in [3.8, 4) is 0 Å². The van der Waals surface area contributed by atoms with Crippen LogP contribution in [-0.4, -0.2) is 31.1 Å². The smallest absolute Gasteiger partial charge is 0.381 e. The maximum Gasteiger partial charge on any atom is 0.381 e. The molecule has 0 bridgehead atoms. The SMILES string of the molecule is C.C.C[Si](C)=CO[Si](C)(C)O[Si](C)(C)C. The van der Waals surface area contributed by atoms with E-state index in [1.165, 1.54) is 0 Å². The van der Waals surface area contributed by atoms with Gasteiger partial charge in [-0.05, 0) is 32.7 Å². The highest BCUT2D eigenvalue weighted by atomic mass is 28.4. The summed E-state index contributed by atoms with van der Waals surface area (Å²) in [4.78, 5) is 0. The lowest BCUT2D eigenvalue weighted by Gasteiger charge is -2.29. The maximum absolute atomic E-state index is 6.02. The molecule has 0 rings (SSSR count). The quantitative estimate of drug-likeness (QED) is 0.718. The maximum atomic E-state index is 6.02. The van der Waals surface area contributed by atoms with Crippen LogP contribution in [-0.2, 0) is 8.54 Å². The third-order valence-electron chi connectivity index (χ3n) is 1.13. The van der Waals surface area contributed by atoms with Crippen LogP contribution in [0.25, 0.3) is 0 Å². The van der Waals surface area contributed by atoms with Crippen molar-refractivity contribution >= 4 is 31.1 Å². The molecule has 0 aliphatic carbocycles. The Bertz CT molecular complexity index is 191. The van der Waals surface area contributed by atoms with E-state index in [-0.39, 0.29) is 14.9 Å². The van der Waals surface area contributed by atoms with Crippen molar-refractivity contribution in [1.29, 1.82) is 0 Å². The minimum Gasteiger partial charge on any atom is -0.532 e. The Morgan fingerprint density at radius 2 is 1.33 bits per heavy atom. The van der Waals surface area contributed by atoms with Crippen molar-refractivity contribution in [3.05, 3.63) is 0 Å². The molecule has 0 aromatic carbocycles. The van der Waals surface area contributed by atoms with Gasteiger partial charge in [-0.25, -0.2) is 0 Å². The van der Waals surface area contributed by atoms with Crippen LogP contribution in [0, 0.1) is 0 Å². The van der Waals surface area contributed by atoms with Gasteiger partial charge in [0.1, 0.15) is 0 Å². The molecular weight excluding hydrogens is 236 g/mol. The minimum atomic E-state index is -1.87. The van der Waals surface area contributed by atoms with E-state index in [2.05, 4.69) is 45.8 Å². The average Bonchev–Trinajstić information content (AvgIpc) is 1.78. The Balaban J connectivity index is -0.000000720. The van der Waals surface area contributed by atoms with Crippen LogP contribution < -0.4 is 0 Å². The molecule has 0 spiro atoms. The molecule has 0 amide bonds. The summed E-state index contributed by atoms with van der Waals surface area (Å²) < 4.78 is 11.8. The molecule has 5 heteroatoms. The van der Waals surface area contributed by atoms with Crippen LogP contribution in [0.15, 0.2) is 0 Å². The molecule has 2 nitrogen and oxygen atoms in total. The van der Waals surface area contributed by atoms with Crippen LogP contribution in [0.2, 0.25) is 45.8 Å². The van der Waals surface area contributed by atoms with E-state index in [0.717, 1.165) is 0 Å². The lowest BCUT2D eigenvalue weighted by molar-refractivity contribution is 0.405. The zero-order valence-corrected chi connectivity index (χ0v) is 12.9. The molecule has 94 valence electrons. The third-order valence-corrected chi connectivity index (χ3v) is 7.06. The van der Waals surface area contributed by atoms with E-state index >= 15 is 0 Å². The first-order valence-electron chi connectivity index (χ1n) is 4.64. The van der Waals surface area contributed by atoms with Gasteiger partial charge in [-0.15, -0.1) is 0 Å². The molecule has 0 radical (unpaired) electrons. The fraction of sp³-hybridized carbons (Fsp3) is 0.900. The molecule has 0 saturated heterocycles. The Morgan fingerprint density at radius 3 is 1.60 bits per heavy atom. The molecule has 0 atom stereocenters. The van der Waals surface area contributed by atoms with Gasteiger partial charge in [0.25, 0.3) is 0 Å². The summed E-state index contributed by atoms with van der Waals surface area (Å²) >= 11 is 0. The van der Waals surface area contributed by atoms with Crippen LogP contribution >= 0.6 is 0 Å². The van der Waals surface area contributed by atoms with Crippen molar-refractivity contribution in [3.63, 3.8) is 0 Å². The molecule has 0 aliphatic rings. The normalized spacial score (nSPS) is 10.9. The fourth-order valence-electron chi connectivity index (χ4n) is 1.02. The average molecular weight is 267 g/mol. The lowest BCUT2D eigenvalue weighted by Crippen LogP contribution is -2.44. The first kappa shape index (κ1) is 20.7. The standard InChI is InChI=1S/C8H22O2Si3.2CH4/c1-11(2)8-9-13(6,7)10-12(3,4)5;;/h8H,1-7H3;2*1H4. The third kappa shape index (κ3) is 14.3. The molecule has 0 N–H and O–H groups in total. The molecule has 0 fully saturated rings. The van der Waals surface area contributed by atoms with Crippen molar-refractivity contribution in [2.24, 2.45) is 0 Å². The highest BCUT2D eigenvalue weighted by Crippen LogP contribution is 2.14. The molecule has 0 aliphatic heterocycles. The zero-order chi connectivity index (χ0) is 10.7. The number of hydrogen-bond donors (Lipinski definition) is 0. The number of rotatable bonds is 4. The van der Waals surface area contributed by atoms with Gasteiger partial charge in [0, 0.05) is 14.3 Å². The molecule has 0 unspecified atom stereocenters. The molecular formula is C10H30O2Si3. The Kier molecular flexibility index (Phi) is 10.4. The fourth-order valence-corrected chi connectivity index (χ4v) is 9.19. The van der Waals surface area contributed by atoms with Crippen molar-refractivity contribution < 1.29 is 8.54 Å². The summed E-state index contributed by atoms with van der Waals surface area (Å²) in [6.07, 6.45) is 0. The van der Waals surface area contributed by atoms with E-state index in [1.54, 1.807) is 0 Å². The predicted octanol–water partition coefficient (Wildman–Crippen LogP) is 3.92. The summed E-state index contributed by atoms with van der Waals surface area (Å²) in [5.74, 6) is 2.00. The van der Waals surface area contributed by atoms with Crippen molar-refractivity contribution in [2.75, 3.05) is 0 Å². The first-order chi connectivity index (χ1) is 5.62. The minimum absolute atomic E-state index is 0. The van der Waals surface area contributed by atoms with E-state index in [9.17, 15) is 0 Å². The van der Waals surface area contributed by atoms with Crippen LogP contribution in [0.3, 0.4) is 0 Å². The van der Waals surface area contributed by atoms with Gasteiger partial charge in [0.2, 0.25) is 0 Å². The second kappa shape index (κ2) is 7.54. The van der Waals surface area contributed by atoms with E-state index in [0.29, 0.717) is 0 Å². The van der Waals surface area contributed by atoms with Gasteiger partial charge in [0.15, 0.2) is 8.32 Å². The topological polar surface area (TPSA) is 18.5 Å². The summed E-state index contributed by atoms with van der Waals surface area (Å²) in [7, 11) is -3.71. The van der Waals surface area contributed by atoms with Gasteiger partial charge >= 0.3 is 8.56 Å². The summed E-state index contributed by atoms with van der Waals surface area (Å²) in [5, 5.41) is 0. The van der Waals surface area contributed by atoms with E-state index in [4.69, 9.17) is 8.54 Å². The van der Waals surface area contributed by atoms with E-state index < -0.39 is 25.3 Å². The lowest BCUT2D eigenvalue weighted by atomic mass is 11.7. The largest absolute Gasteiger partial charge is 0.532 e. The monoisotopic (exact) mass is 266 g/mol. The van der Waals surface area contributed by atoms with Crippen LogP contribution in [0.1, 0.15) is 14.9 Å². The predicted molar refractivity (Wildman–Crippen MR) is 80.0 cm³/mol. The van der Waals surface area contributed by atoms with Gasteiger partial charge in [0.05, 0.1) is 0 Å². The highest BCUT2D eigenvalue weighted by Gasteiger charge is 2.31.